The van der Waals surface area contributed by atoms with Gasteiger partial charge in [-0.05, 0) is 56.2 Å². The molecule has 0 bridgehead atoms. The molecule has 0 aliphatic rings. The lowest BCUT2D eigenvalue weighted by Crippen LogP contribution is -2.27. The first-order chi connectivity index (χ1) is 12.2. The molecule has 0 radical (unpaired) electrons. The second-order valence-corrected chi connectivity index (χ2v) is 7.92. The van der Waals surface area contributed by atoms with Crippen LogP contribution in [0.4, 0.5) is 5.69 Å². The highest BCUT2D eigenvalue weighted by Crippen LogP contribution is 2.14. The number of nitrogens with one attached hydrogen (secondary N) is 2. The smallest absolute Gasteiger partial charge is 0.240 e. The van der Waals surface area contributed by atoms with Crippen molar-refractivity contribution in [2.45, 2.75) is 32.1 Å². The Bertz CT molecular complexity index is 899. The molecular weight excluding hydrogens is 352 g/mol. The van der Waals surface area contributed by atoms with Crippen molar-refractivity contribution in [2.24, 2.45) is 0 Å². The second kappa shape index (κ2) is 8.25. The highest BCUT2D eigenvalue weighted by Gasteiger charge is 2.14. The van der Waals surface area contributed by atoms with E-state index in [4.69, 9.17) is 0 Å². The number of benzene rings is 2. The number of rotatable bonds is 7. The van der Waals surface area contributed by atoms with Crippen molar-refractivity contribution in [3.05, 3.63) is 59.2 Å². The summed E-state index contributed by atoms with van der Waals surface area (Å²) in [5.41, 5.74) is 3.21. The summed E-state index contributed by atoms with van der Waals surface area (Å²) in [4.78, 5) is 23.3. The minimum absolute atomic E-state index is 0.0117. The highest BCUT2D eigenvalue weighted by atomic mass is 32.2. The van der Waals surface area contributed by atoms with Gasteiger partial charge in [0.15, 0.2) is 5.78 Å². The van der Waals surface area contributed by atoms with Crippen LogP contribution in [-0.4, -0.2) is 26.7 Å². The highest BCUT2D eigenvalue weighted by molar-refractivity contribution is 7.89. The first-order valence-corrected chi connectivity index (χ1v) is 9.64. The summed E-state index contributed by atoms with van der Waals surface area (Å²) in [5.74, 6) is -0.408. The van der Waals surface area contributed by atoms with Crippen LogP contribution in [0.5, 0.6) is 0 Å². The van der Waals surface area contributed by atoms with Crippen LogP contribution in [0.25, 0.3) is 0 Å². The summed E-state index contributed by atoms with van der Waals surface area (Å²) in [6.07, 6.45) is 0.0117. The van der Waals surface area contributed by atoms with Gasteiger partial charge in [-0.25, -0.2) is 13.1 Å². The molecule has 0 saturated carbocycles. The number of ketones is 1. The average molecular weight is 374 g/mol. The molecule has 1 amide bonds. The van der Waals surface area contributed by atoms with Crippen molar-refractivity contribution >= 4 is 27.4 Å². The van der Waals surface area contributed by atoms with Crippen LogP contribution in [0.3, 0.4) is 0 Å². The Morgan fingerprint density at radius 3 is 2.08 bits per heavy atom. The Balaban J connectivity index is 1.91. The zero-order valence-electron chi connectivity index (χ0n) is 15.0. The molecule has 0 unspecified atom stereocenters. The Kier molecular flexibility index (Phi) is 6.28. The Hall–Kier alpha value is -2.51. The lowest BCUT2D eigenvalue weighted by molar-refractivity contribution is -0.116. The van der Waals surface area contributed by atoms with E-state index in [0.29, 0.717) is 11.3 Å². The summed E-state index contributed by atoms with van der Waals surface area (Å²) in [5, 5.41) is 2.76. The van der Waals surface area contributed by atoms with Gasteiger partial charge in [0.1, 0.15) is 0 Å². The number of carbonyl (C=O) groups excluding carboxylic acids is 2. The molecule has 2 N–H and O–H groups in total. The monoisotopic (exact) mass is 374 g/mol. The van der Waals surface area contributed by atoms with Crippen molar-refractivity contribution in [3.8, 4) is 0 Å². The van der Waals surface area contributed by atoms with Gasteiger partial charge in [-0.2, -0.15) is 0 Å². The third-order valence-corrected chi connectivity index (χ3v) is 5.20. The van der Waals surface area contributed by atoms with Gasteiger partial charge < -0.3 is 5.32 Å². The van der Waals surface area contributed by atoms with Gasteiger partial charge in [0.2, 0.25) is 15.9 Å². The molecule has 2 rings (SSSR count). The lowest BCUT2D eigenvalue weighted by atomic mass is 10.1. The first kappa shape index (κ1) is 19.8. The predicted molar refractivity (Wildman–Crippen MR) is 101 cm³/mol. The van der Waals surface area contributed by atoms with E-state index in [1.165, 1.54) is 31.2 Å². The molecule has 0 atom stereocenters. The average Bonchev–Trinajstić information content (AvgIpc) is 2.53. The van der Waals surface area contributed by atoms with Crippen LogP contribution in [0.2, 0.25) is 0 Å². The van der Waals surface area contributed by atoms with Gasteiger partial charge in [-0.1, -0.05) is 18.2 Å². The van der Waals surface area contributed by atoms with Gasteiger partial charge in [0.05, 0.1) is 4.90 Å². The van der Waals surface area contributed by atoms with Crippen molar-refractivity contribution in [3.63, 3.8) is 0 Å². The quantitative estimate of drug-likeness (QED) is 0.729. The summed E-state index contributed by atoms with van der Waals surface area (Å²) in [7, 11) is -3.73. The fourth-order valence-corrected chi connectivity index (χ4v) is 3.55. The van der Waals surface area contributed by atoms with E-state index < -0.39 is 10.0 Å². The second-order valence-electron chi connectivity index (χ2n) is 6.15. The molecule has 0 heterocycles. The number of sulfonamides is 1. The first-order valence-electron chi connectivity index (χ1n) is 8.16. The molecule has 0 fully saturated rings. The van der Waals surface area contributed by atoms with E-state index in [0.717, 1.165) is 11.1 Å². The van der Waals surface area contributed by atoms with Crippen molar-refractivity contribution < 1.29 is 18.0 Å². The van der Waals surface area contributed by atoms with E-state index in [-0.39, 0.29) is 29.6 Å². The molecule has 26 heavy (non-hydrogen) atoms. The number of Topliss-reactive ketones (excluding diaryl/α,β-unsaturated/α-hetero) is 1. The molecule has 0 spiro atoms. The molecule has 0 aliphatic carbocycles. The van der Waals surface area contributed by atoms with Crippen LogP contribution in [0, 0.1) is 13.8 Å². The van der Waals surface area contributed by atoms with E-state index in [9.17, 15) is 18.0 Å². The molecule has 0 aromatic heterocycles. The summed E-state index contributed by atoms with van der Waals surface area (Å²) in [6.45, 7) is 5.27. The third-order valence-electron chi connectivity index (χ3n) is 3.72. The van der Waals surface area contributed by atoms with E-state index in [1.807, 2.05) is 32.0 Å². The fraction of sp³-hybridized carbons (Fsp3) is 0.263. The maximum Gasteiger partial charge on any atom is 0.240 e. The number of anilines is 1. The normalized spacial score (nSPS) is 11.2. The number of amides is 1. The molecule has 2 aromatic rings. The SMILES string of the molecule is CC(=O)c1ccc(S(=O)(=O)NCCC(=O)Nc2cc(C)cc(C)c2)cc1. The minimum Gasteiger partial charge on any atom is -0.326 e. The predicted octanol–water partition coefficient (Wildman–Crippen LogP) is 2.81. The molecule has 0 saturated heterocycles. The van der Waals surface area contributed by atoms with Gasteiger partial charge in [0, 0.05) is 24.2 Å². The summed E-state index contributed by atoms with van der Waals surface area (Å²) >= 11 is 0. The van der Waals surface area contributed by atoms with E-state index in [2.05, 4.69) is 10.0 Å². The third kappa shape index (κ3) is 5.50. The maximum atomic E-state index is 12.2. The minimum atomic E-state index is -3.73. The number of hydrogen-bond donors (Lipinski definition) is 2. The molecule has 138 valence electrons. The van der Waals surface area contributed by atoms with Crippen LogP contribution in [0.15, 0.2) is 47.4 Å². The maximum absolute atomic E-state index is 12.2. The van der Waals surface area contributed by atoms with Gasteiger partial charge in [-0.3, -0.25) is 9.59 Å². The Morgan fingerprint density at radius 1 is 0.962 bits per heavy atom. The summed E-state index contributed by atoms with van der Waals surface area (Å²) in [6, 6.07) is 11.4. The van der Waals surface area contributed by atoms with Gasteiger partial charge in [-0.15, -0.1) is 0 Å². The number of aryl methyl sites for hydroxylation is 2. The molecule has 6 nitrogen and oxygen atoms in total. The zero-order valence-corrected chi connectivity index (χ0v) is 15.8. The van der Waals surface area contributed by atoms with E-state index >= 15 is 0 Å². The van der Waals surface area contributed by atoms with Crippen LogP contribution < -0.4 is 10.0 Å². The van der Waals surface area contributed by atoms with Gasteiger partial charge >= 0.3 is 0 Å². The van der Waals surface area contributed by atoms with E-state index in [1.54, 1.807) is 0 Å². The standard InChI is InChI=1S/C19H22N2O4S/c1-13-10-14(2)12-17(11-13)21-19(23)8-9-20-26(24,25)18-6-4-16(5-7-18)15(3)22/h4-7,10-12,20H,8-9H2,1-3H3,(H,21,23). The summed E-state index contributed by atoms with van der Waals surface area (Å²) < 4.78 is 26.8. The molecule has 2 aromatic carbocycles. The van der Waals surface area contributed by atoms with Crippen LogP contribution in [0.1, 0.15) is 34.8 Å². The van der Waals surface area contributed by atoms with Crippen molar-refractivity contribution in [1.29, 1.82) is 0 Å². The fourth-order valence-electron chi connectivity index (χ4n) is 2.52. The molecule has 7 heteroatoms. The Labute approximate surface area is 153 Å². The van der Waals surface area contributed by atoms with Crippen LogP contribution in [-0.2, 0) is 14.8 Å². The molecule has 0 aliphatic heterocycles. The number of carbonyl (C=O) groups is 2. The number of hydrogen-bond acceptors (Lipinski definition) is 4. The lowest BCUT2D eigenvalue weighted by Gasteiger charge is -2.09. The Morgan fingerprint density at radius 2 is 1.54 bits per heavy atom. The topological polar surface area (TPSA) is 92.3 Å². The molecular formula is C19H22N2O4S. The van der Waals surface area contributed by atoms with Crippen LogP contribution >= 0.6 is 0 Å². The van der Waals surface area contributed by atoms with Crippen molar-refractivity contribution in [2.75, 3.05) is 11.9 Å². The largest absolute Gasteiger partial charge is 0.326 e. The van der Waals surface area contributed by atoms with Crippen molar-refractivity contribution in [1.82, 2.24) is 4.72 Å². The van der Waals surface area contributed by atoms with Gasteiger partial charge in [0.25, 0.3) is 0 Å². The zero-order chi connectivity index (χ0) is 19.3.